The minimum atomic E-state index is 0.0915. The molecular weight excluding hydrogens is 342 g/mol. The normalized spacial score (nSPS) is 18.9. The third-order valence-electron chi connectivity index (χ3n) is 5.90. The van der Waals surface area contributed by atoms with Gasteiger partial charge in [-0.1, -0.05) is 61.9 Å². The molecule has 3 aromatic rings. The number of fused-ring (bicyclic) bond motifs is 1. The molecule has 1 saturated carbocycles. The number of Topliss-reactive ketones (excluding diaryl/α,β-unsaturated/α-hetero) is 1. The van der Waals surface area contributed by atoms with Gasteiger partial charge in [0.2, 0.25) is 0 Å². The van der Waals surface area contributed by atoms with Gasteiger partial charge in [-0.2, -0.15) is 5.26 Å². The van der Waals surface area contributed by atoms with E-state index in [9.17, 15) is 4.79 Å². The van der Waals surface area contributed by atoms with Crippen LogP contribution in [-0.2, 0) is 6.42 Å². The molecule has 2 nitrogen and oxygen atoms in total. The summed E-state index contributed by atoms with van der Waals surface area (Å²) in [6.07, 6.45) is 5.95. The van der Waals surface area contributed by atoms with Gasteiger partial charge in [0.05, 0.1) is 11.6 Å². The lowest BCUT2D eigenvalue weighted by atomic mass is 9.85. The van der Waals surface area contributed by atoms with E-state index in [2.05, 4.69) is 43.7 Å². The van der Waals surface area contributed by atoms with Crippen molar-refractivity contribution < 1.29 is 4.79 Å². The van der Waals surface area contributed by atoms with E-state index in [0.717, 1.165) is 30.2 Å². The standard InChI is InChI=1S/C26H23NO/c1-2-18-7-12-22(15-18)24-14-13-20-5-3-4-6-23(20)25(24)16-26(28)21-10-8-19(17-27)9-11-21/h3-6,8-14,18,22H,1-2,7,15-16H2. The molecule has 0 N–H and O–H groups in total. The Kier molecular flexibility index (Phi) is 5.26. The van der Waals surface area contributed by atoms with E-state index >= 15 is 0 Å². The first kappa shape index (κ1) is 18.4. The number of rotatable bonds is 5. The third-order valence-corrected chi connectivity index (χ3v) is 5.90. The van der Waals surface area contributed by atoms with E-state index in [-0.39, 0.29) is 5.78 Å². The van der Waals surface area contributed by atoms with Crippen molar-refractivity contribution in [2.75, 3.05) is 0 Å². The zero-order valence-corrected chi connectivity index (χ0v) is 15.9. The number of ketones is 1. The quantitative estimate of drug-likeness (QED) is 0.516. The lowest BCUT2D eigenvalue weighted by Gasteiger charge is -2.18. The molecule has 0 heterocycles. The molecule has 0 spiro atoms. The minimum absolute atomic E-state index is 0.0915. The van der Waals surface area contributed by atoms with E-state index in [4.69, 9.17) is 5.26 Å². The number of hydrogen-bond acceptors (Lipinski definition) is 2. The smallest absolute Gasteiger partial charge is 0.167 e. The van der Waals surface area contributed by atoms with Crippen LogP contribution in [0.15, 0.2) is 60.7 Å². The summed E-state index contributed by atoms with van der Waals surface area (Å²) in [5, 5.41) is 11.3. The second-order valence-electron chi connectivity index (χ2n) is 7.61. The number of nitrogens with zero attached hydrogens (tertiary/aromatic N) is 1. The SMILES string of the molecule is [CH2]CC1C[CH]C(c2ccc3ccccc3c2CC(=O)c2ccc(C#N)cc2)C1. The van der Waals surface area contributed by atoms with Crippen molar-refractivity contribution in [3.63, 3.8) is 0 Å². The number of benzene rings is 3. The maximum absolute atomic E-state index is 13.0. The van der Waals surface area contributed by atoms with Gasteiger partial charge in [0.15, 0.2) is 5.78 Å². The highest BCUT2D eigenvalue weighted by Crippen LogP contribution is 2.41. The Morgan fingerprint density at radius 2 is 1.86 bits per heavy atom. The van der Waals surface area contributed by atoms with Gasteiger partial charge in [0, 0.05) is 12.0 Å². The largest absolute Gasteiger partial charge is 0.294 e. The first-order chi connectivity index (χ1) is 13.7. The van der Waals surface area contributed by atoms with Crippen molar-refractivity contribution in [3.05, 3.63) is 96.3 Å². The summed E-state index contributed by atoms with van der Waals surface area (Å²) < 4.78 is 0. The zero-order valence-electron chi connectivity index (χ0n) is 15.9. The summed E-state index contributed by atoms with van der Waals surface area (Å²) in [5.41, 5.74) is 3.64. The lowest BCUT2D eigenvalue weighted by molar-refractivity contribution is 0.0993. The minimum Gasteiger partial charge on any atom is -0.294 e. The summed E-state index contributed by atoms with van der Waals surface area (Å²) >= 11 is 0. The Labute approximate surface area is 166 Å². The van der Waals surface area contributed by atoms with Gasteiger partial charge in [0.25, 0.3) is 0 Å². The number of nitriles is 1. The fourth-order valence-electron chi connectivity index (χ4n) is 4.29. The summed E-state index contributed by atoms with van der Waals surface area (Å²) in [4.78, 5) is 13.0. The van der Waals surface area contributed by atoms with Crippen LogP contribution in [0.5, 0.6) is 0 Å². The number of carbonyl (C=O) groups is 1. The van der Waals surface area contributed by atoms with Crippen LogP contribution in [0.2, 0.25) is 0 Å². The van der Waals surface area contributed by atoms with E-state index in [1.54, 1.807) is 24.3 Å². The van der Waals surface area contributed by atoms with Crippen LogP contribution in [0.4, 0.5) is 0 Å². The van der Waals surface area contributed by atoms with E-state index in [1.165, 1.54) is 10.9 Å². The molecule has 1 fully saturated rings. The van der Waals surface area contributed by atoms with Crippen molar-refractivity contribution in [1.29, 1.82) is 5.26 Å². The molecule has 0 bridgehead atoms. The van der Waals surface area contributed by atoms with Crippen molar-refractivity contribution in [1.82, 2.24) is 0 Å². The van der Waals surface area contributed by atoms with Gasteiger partial charge in [-0.3, -0.25) is 4.79 Å². The molecule has 0 saturated heterocycles. The second-order valence-corrected chi connectivity index (χ2v) is 7.61. The second kappa shape index (κ2) is 7.98. The molecule has 2 heteroatoms. The molecule has 3 aromatic carbocycles. The Balaban J connectivity index is 1.72. The average molecular weight is 365 g/mol. The van der Waals surface area contributed by atoms with Crippen LogP contribution in [0.25, 0.3) is 10.8 Å². The highest BCUT2D eigenvalue weighted by Gasteiger charge is 2.27. The molecule has 1 aliphatic carbocycles. The van der Waals surface area contributed by atoms with Crippen LogP contribution in [0.1, 0.15) is 52.2 Å². The van der Waals surface area contributed by atoms with Crippen molar-refractivity contribution in [2.45, 2.75) is 31.6 Å². The first-order valence-electron chi connectivity index (χ1n) is 9.86. The van der Waals surface area contributed by atoms with Gasteiger partial charge in [0.1, 0.15) is 0 Å². The topological polar surface area (TPSA) is 40.9 Å². The molecule has 4 rings (SSSR count). The molecule has 1 aliphatic rings. The molecule has 0 amide bonds. The summed E-state index contributed by atoms with van der Waals surface area (Å²) in [7, 11) is 0. The zero-order chi connectivity index (χ0) is 19.5. The third kappa shape index (κ3) is 3.58. The van der Waals surface area contributed by atoms with E-state index in [1.807, 2.05) is 12.1 Å². The van der Waals surface area contributed by atoms with Crippen LogP contribution in [0, 0.1) is 30.6 Å². The predicted octanol–water partition coefficient (Wildman–Crippen LogP) is 6.06. The molecule has 2 atom stereocenters. The molecule has 28 heavy (non-hydrogen) atoms. The molecule has 138 valence electrons. The van der Waals surface area contributed by atoms with Crippen LogP contribution < -0.4 is 0 Å². The average Bonchev–Trinajstić information content (AvgIpc) is 3.23. The first-order valence-corrected chi connectivity index (χ1v) is 9.86. The predicted molar refractivity (Wildman–Crippen MR) is 113 cm³/mol. The molecule has 0 aliphatic heterocycles. The molecule has 2 radical (unpaired) electrons. The number of hydrogen-bond donors (Lipinski definition) is 0. The van der Waals surface area contributed by atoms with Crippen molar-refractivity contribution >= 4 is 16.6 Å². The van der Waals surface area contributed by atoms with Gasteiger partial charge in [-0.25, -0.2) is 0 Å². The molecule has 2 unspecified atom stereocenters. The van der Waals surface area contributed by atoms with Gasteiger partial charge in [-0.05, 0) is 65.1 Å². The van der Waals surface area contributed by atoms with E-state index < -0.39 is 0 Å². The van der Waals surface area contributed by atoms with Gasteiger partial charge < -0.3 is 0 Å². The Bertz CT molecular complexity index is 1040. The van der Waals surface area contributed by atoms with Gasteiger partial charge in [-0.15, -0.1) is 0 Å². The Morgan fingerprint density at radius 3 is 2.57 bits per heavy atom. The Hall–Kier alpha value is -2.92. The van der Waals surface area contributed by atoms with Crippen LogP contribution >= 0.6 is 0 Å². The van der Waals surface area contributed by atoms with E-state index in [0.29, 0.717) is 29.4 Å². The van der Waals surface area contributed by atoms with Crippen LogP contribution in [-0.4, -0.2) is 5.78 Å². The fourth-order valence-corrected chi connectivity index (χ4v) is 4.29. The highest BCUT2D eigenvalue weighted by molar-refractivity contribution is 6.00. The van der Waals surface area contributed by atoms with Crippen molar-refractivity contribution in [3.8, 4) is 6.07 Å². The van der Waals surface area contributed by atoms with Crippen LogP contribution in [0.3, 0.4) is 0 Å². The Morgan fingerprint density at radius 1 is 1.07 bits per heavy atom. The van der Waals surface area contributed by atoms with Gasteiger partial charge >= 0.3 is 0 Å². The summed E-state index contributed by atoms with van der Waals surface area (Å²) in [6, 6.07) is 21.7. The fraction of sp³-hybridized carbons (Fsp3) is 0.231. The maximum Gasteiger partial charge on any atom is 0.167 e. The molecular formula is C26H23NO. The lowest BCUT2D eigenvalue weighted by Crippen LogP contribution is -2.09. The summed E-state index contributed by atoms with van der Waals surface area (Å²) in [5.74, 6) is 1.12. The highest BCUT2D eigenvalue weighted by atomic mass is 16.1. The molecule has 0 aromatic heterocycles. The maximum atomic E-state index is 13.0. The summed E-state index contributed by atoms with van der Waals surface area (Å²) in [6.45, 7) is 4.07. The van der Waals surface area contributed by atoms with Crippen molar-refractivity contribution in [2.24, 2.45) is 5.92 Å². The number of carbonyl (C=O) groups excluding carboxylic acids is 1. The monoisotopic (exact) mass is 365 g/mol.